The van der Waals surface area contributed by atoms with Gasteiger partial charge in [0.25, 0.3) is 0 Å². The zero-order valence-corrected chi connectivity index (χ0v) is 19.3. The van der Waals surface area contributed by atoms with Crippen molar-refractivity contribution in [2.45, 2.75) is 33.1 Å². The molecule has 1 saturated heterocycles. The molecule has 1 fully saturated rings. The first-order valence-electron chi connectivity index (χ1n) is 11.3. The first-order valence-corrected chi connectivity index (χ1v) is 11.3. The summed E-state index contributed by atoms with van der Waals surface area (Å²) in [7, 11) is 2.08. The Kier molecular flexibility index (Phi) is 8.23. The second-order valence-corrected chi connectivity index (χ2v) is 8.60. The highest BCUT2D eigenvalue weighted by atomic mass is 16.2. The highest BCUT2D eigenvalue weighted by molar-refractivity contribution is 5.78. The molecule has 1 aliphatic heterocycles. The highest BCUT2D eigenvalue weighted by Gasteiger charge is 2.21. The van der Waals surface area contributed by atoms with Crippen LogP contribution in [0.4, 0.5) is 11.5 Å². The number of rotatable bonds is 9. The van der Waals surface area contributed by atoms with E-state index in [1.165, 1.54) is 5.69 Å². The van der Waals surface area contributed by atoms with Crippen LogP contribution in [0.1, 0.15) is 37.7 Å². The lowest BCUT2D eigenvalue weighted by Crippen LogP contribution is -2.50. The fraction of sp³-hybridized carbons (Fsp3) is 0.542. The molecule has 31 heavy (non-hydrogen) atoms. The van der Waals surface area contributed by atoms with Gasteiger partial charge in [0.2, 0.25) is 5.91 Å². The Bertz CT molecular complexity index is 833. The van der Waals surface area contributed by atoms with Crippen molar-refractivity contribution < 1.29 is 4.79 Å². The van der Waals surface area contributed by atoms with E-state index in [-0.39, 0.29) is 5.91 Å². The van der Waals surface area contributed by atoms with E-state index in [4.69, 9.17) is 4.98 Å². The number of carbonyl (C=O) groups is 1. The predicted octanol–water partition coefficient (Wildman–Crippen LogP) is 2.67. The zero-order valence-electron chi connectivity index (χ0n) is 19.3. The van der Waals surface area contributed by atoms with Gasteiger partial charge in [-0.05, 0) is 25.5 Å². The molecule has 0 bridgehead atoms. The number of aromatic nitrogens is 2. The van der Waals surface area contributed by atoms with Crippen molar-refractivity contribution in [2.24, 2.45) is 0 Å². The molecule has 0 unspecified atom stereocenters. The summed E-state index contributed by atoms with van der Waals surface area (Å²) < 4.78 is 0. The number of piperazine rings is 1. The molecule has 1 aromatic carbocycles. The molecule has 3 rings (SSSR count). The van der Waals surface area contributed by atoms with Crippen molar-refractivity contribution in [3.05, 3.63) is 47.9 Å². The fourth-order valence-electron chi connectivity index (χ4n) is 3.74. The number of nitrogens with one attached hydrogen (secondary N) is 1. The molecule has 2 aromatic rings. The largest absolute Gasteiger partial charge is 0.375 e. The van der Waals surface area contributed by atoms with E-state index in [9.17, 15) is 4.79 Å². The van der Waals surface area contributed by atoms with Crippen LogP contribution in [0.3, 0.4) is 0 Å². The molecule has 2 heterocycles. The van der Waals surface area contributed by atoms with Crippen LogP contribution in [0.2, 0.25) is 0 Å². The third-order valence-corrected chi connectivity index (χ3v) is 5.63. The van der Waals surface area contributed by atoms with Crippen LogP contribution in [0, 0.1) is 6.92 Å². The first-order chi connectivity index (χ1) is 14.9. The summed E-state index contributed by atoms with van der Waals surface area (Å²) in [6, 6.07) is 12.4. The van der Waals surface area contributed by atoms with E-state index >= 15 is 0 Å². The zero-order chi connectivity index (χ0) is 22.2. The van der Waals surface area contributed by atoms with E-state index in [0.717, 1.165) is 56.5 Å². The standard InChI is InChI=1S/C24H36N6O/c1-19(2)24-26-20(3)17-22(27-24)30-15-13-29(14-16-30)18-23(31)25-11-8-12-28(4)21-9-6-5-7-10-21/h5-7,9-10,17,19H,8,11-16,18H2,1-4H3,(H,25,31). The minimum atomic E-state index is 0.107. The number of carbonyl (C=O) groups excluding carboxylic acids is 1. The van der Waals surface area contributed by atoms with Crippen molar-refractivity contribution in [1.82, 2.24) is 20.2 Å². The molecule has 7 heteroatoms. The Morgan fingerprint density at radius 2 is 1.84 bits per heavy atom. The number of benzene rings is 1. The van der Waals surface area contributed by atoms with Crippen LogP contribution >= 0.6 is 0 Å². The van der Waals surface area contributed by atoms with E-state index in [1.54, 1.807) is 0 Å². The fourth-order valence-corrected chi connectivity index (χ4v) is 3.74. The molecule has 1 aromatic heterocycles. The molecule has 168 valence electrons. The summed E-state index contributed by atoms with van der Waals surface area (Å²) >= 11 is 0. The van der Waals surface area contributed by atoms with E-state index < -0.39 is 0 Å². The lowest BCUT2D eigenvalue weighted by molar-refractivity contribution is -0.122. The number of anilines is 2. The summed E-state index contributed by atoms with van der Waals surface area (Å²) in [6.07, 6.45) is 0.927. The van der Waals surface area contributed by atoms with Crippen molar-refractivity contribution in [2.75, 3.05) is 62.7 Å². The maximum Gasteiger partial charge on any atom is 0.234 e. The maximum absolute atomic E-state index is 12.3. The summed E-state index contributed by atoms with van der Waals surface area (Å²) in [4.78, 5) is 28.4. The summed E-state index contributed by atoms with van der Waals surface area (Å²) in [6.45, 7) is 11.8. The molecule has 0 aliphatic carbocycles. The minimum Gasteiger partial charge on any atom is -0.375 e. The average molecular weight is 425 g/mol. The van der Waals surface area contributed by atoms with Gasteiger partial charge in [0, 0.05) is 69.7 Å². The van der Waals surface area contributed by atoms with Crippen molar-refractivity contribution >= 4 is 17.4 Å². The summed E-state index contributed by atoms with van der Waals surface area (Å²) in [5, 5.41) is 3.07. The van der Waals surface area contributed by atoms with Gasteiger partial charge < -0.3 is 15.1 Å². The first kappa shape index (κ1) is 23.0. The molecule has 0 atom stereocenters. The number of nitrogens with zero attached hydrogens (tertiary/aromatic N) is 5. The van der Waals surface area contributed by atoms with Crippen molar-refractivity contribution in [3.8, 4) is 0 Å². The Hall–Kier alpha value is -2.67. The number of para-hydroxylation sites is 1. The van der Waals surface area contributed by atoms with Gasteiger partial charge in [-0.15, -0.1) is 0 Å². The third-order valence-electron chi connectivity index (χ3n) is 5.63. The van der Waals surface area contributed by atoms with E-state index in [0.29, 0.717) is 19.0 Å². The molecule has 1 aliphatic rings. The quantitative estimate of drug-likeness (QED) is 0.625. The van der Waals surface area contributed by atoms with Gasteiger partial charge in [-0.3, -0.25) is 9.69 Å². The van der Waals surface area contributed by atoms with Crippen molar-refractivity contribution in [3.63, 3.8) is 0 Å². The molecule has 1 amide bonds. The van der Waals surface area contributed by atoms with Crippen LogP contribution in [0.15, 0.2) is 36.4 Å². The SMILES string of the molecule is Cc1cc(N2CCN(CC(=O)NCCCN(C)c3ccccc3)CC2)nc(C(C)C)n1. The lowest BCUT2D eigenvalue weighted by Gasteiger charge is -2.35. The third kappa shape index (κ3) is 6.92. The number of hydrogen-bond acceptors (Lipinski definition) is 6. The second kappa shape index (κ2) is 11.1. The Morgan fingerprint density at radius 3 is 2.52 bits per heavy atom. The molecular weight excluding hydrogens is 388 g/mol. The Balaban J connectivity index is 1.36. The van der Waals surface area contributed by atoms with Gasteiger partial charge in [0.05, 0.1) is 6.54 Å². The molecular formula is C24H36N6O. The number of hydrogen-bond donors (Lipinski definition) is 1. The maximum atomic E-state index is 12.3. The topological polar surface area (TPSA) is 64.6 Å². The van der Waals surface area contributed by atoms with Crippen LogP contribution < -0.4 is 15.1 Å². The number of amides is 1. The van der Waals surface area contributed by atoms with Crippen LogP contribution in [-0.2, 0) is 4.79 Å². The predicted molar refractivity (Wildman–Crippen MR) is 127 cm³/mol. The Morgan fingerprint density at radius 1 is 1.13 bits per heavy atom. The lowest BCUT2D eigenvalue weighted by atomic mass is 10.2. The monoisotopic (exact) mass is 424 g/mol. The van der Waals surface area contributed by atoms with Gasteiger partial charge in [0.1, 0.15) is 11.6 Å². The Labute approximate surface area is 186 Å². The molecule has 0 saturated carbocycles. The van der Waals surface area contributed by atoms with E-state index in [2.05, 4.69) is 64.1 Å². The van der Waals surface area contributed by atoms with Crippen LogP contribution in [0.25, 0.3) is 0 Å². The molecule has 1 N–H and O–H groups in total. The average Bonchev–Trinajstić information content (AvgIpc) is 2.77. The van der Waals surface area contributed by atoms with Crippen LogP contribution in [-0.4, -0.2) is 73.6 Å². The van der Waals surface area contributed by atoms with Crippen LogP contribution in [0.5, 0.6) is 0 Å². The van der Waals surface area contributed by atoms with Crippen molar-refractivity contribution in [1.29, 1.82) is 0 Å². The molecule has 0 radical (unpaired) electrons. The van der Waals surface area contributed by atoms with Gasteiger partial charge in [-0.1, -0.05) is 32.0 Å². The number of aryl methyl sites for hydroxylation is 1. The van der Waals surface area contributed by atoms with Gasteiger partial charge in [0.15, 0.2) is 0 Å². The van der Waals surface area contributed by atoms with Gasteiger partial charge in [-0.25, -0.2) is 9.97 Å². The molecule has 7 nitrogen and oxygen atoms in total. The highest BCUT2D eigenvalue weighted by Crippen LogP contribution is 2.18. The summed E-state index contributed by atoms with van der Waals surface area (Å²) in [5.74, 6) is 2.32. The normalized spacial score (nSPS) is 14.7. The van der Waals surface area contributed by atoms with E-state index in [1.807, 2.05) is 25.1 Å². The van der Waals surface area contributed by atoms with Gasteiger partial charge >= 0.3 is 0 Å². The smallest absolute Gasteiger partial charge is 0.234 e. The molecule has 0 spiro atoms. The van der Waals surface area contributed by atoms with Gasteiger partial charge in [-0.2, -0.15) is 0 Å². The summed E-state index contributed by atoms with van der Waals surface area (Å²) in [5.41, 5.74) is 2.21. The second-order valence-electron chi connectivity index (χ2n) is 8.60. The minimum absolute atomic E-state index is 0.107.